The Bertz CT molecular complexity index is 1170. The molecule has 0 aromatic carbocycles. The summed E-state index contributed by atoms with van der Waals surface area (Å²) in [5.41, 5.74) is 0.748. The third-order valence-electron chi connectivity index (χ3n) is 15.3. The Morgan fingerprint density at radius 2 is 1.30 bits per heavy atom. The van der Waals surface area contributed by atoms with Gasteiger partial charge in [-0.05, 0) is 149 Å². The number of nitrogens with one attached hydrogen (secondary N) is 1. The van der Waals surface area contributed by atoms with Crippen molar-refractivity contribution in [1.29, 1.82) is 0 Å². The van der Waals surface area contributed by atoms with Crippen LogP contribution in [0.5, 0.6) is 0 Å². The molecule has 0 aromatic rings. The molecular weight excluding hydrogens is 671 g/mol. The fourth-order valence-corrected chi connectivity index (χ4v) is 12.2. The lowest BCUT2D eigenvalue weighted by molar-refractivity contribution is -0.162. The Morgan fingerprint density at radius 3 is 1.96 bits per heavy atom. The lowest BCUT2D eigenvalue weighted by atomic mass is 9.44. The Kier molecular flexibility index (Phi) is 19.2. The minimum atomic E-state index is -0.151. The first-order valence-electron chi connectivity index (χ1n) is 23.0. The smallest absolute Gasteiger partial charge is 0.306 e. The van der Waals surface area contributed by atoms with Gasteiger partial charge in [-0.1, -0.05) is 84.3 Å². The number of carbonyl (C=O) groups is 3. The number of hydrogen-bond acceptors (Lipinski definition) is 5. The fraction of sp³-hybridized carbons (Fsp3) is 0.854. The van der Waals surface area contributed by atoms with Gasteiger partial charge in [-0.2, -0.15) is 0 Å². The molecule has 6 nitrogen and oxygen atoms in total. The summed E-state index contributed by atoms with van der Waals surface area (Å²) in [7, 11) is 0. The quantitative estimate of drug-likeness (QED) is 0.0541. The maximum atomic E-state index is 12.8. The van der Waals surface area contributed by atoms with Crippen molar-refractivity contribution < 1.29 is 23.9 Å². The number of ether oxygens (including phenoxy) is 2. The molecule has 4 fully saturated rings. The van der Waals surface area contributed by atoms with Crippen molar-refractivity contribution in [1.82, 2.24) is 5.32 Å². The minimum Gasteiger partial charge on any atom is -0.464 e. The van der Waals surface area contributed by atoms with Crippen LogP contribution >= 0.6 is 0 Å². The summed E-state index contributed by atoms with van der Waals surface area (Å²) in [4.78, 5) is 37.6. The monoisotopic (exact) mass is 752 g/mol. The van der Waals surface area contributed by atoms with E-state index in [1.807, 2.05) is 12.2 Å². The van der Waals surface area contributed by atoms with E-state index in [-0.39, 0.29) is 30.6 Å². The van der Waals surface area contributed by atoms with Crippen molar-refractivity contribution in [3.05, 3.63) is 25.3 Å². The normalized spacial score (nSPS) is 30.6. The second-order valence-electron chi connectivity index (χ2n) is 18.8. The van der Waals surface area contributed by atoms with Gasteiger partial charge in [0, 0.05) is 19.3 Å². The summed E-state index contributed by atoms with van der Waals surface area (Å²) < 4.78 is 11.5. The maximum absolute atomic E-state index is 12.8. The lowest BCUT2D eigenvalue weighted by Gasteiger charge is -2.61. The summed E-state index contributed by atoms with van der Waals surface area (Å²) in [5, 5.41) is 3.00. The highest BCUT2D eigenvalue weighted by Crippen LogP contribution is 2.68. The van der Waals surface area contributed by atoms with Gasteiger partial charge in [0.2, 0.25) is 5.91 Å². The number of rotatable bonds is 26. The third kappa shape index (κ3) is 13.0. The molecule has 1 amide bonds. The van der Waals surface area contributed by atoms with Gasteiger partial charge in [0.05, 0.1) is 6.54 Å². The van der Waals surface area contributed by atoms with Crippen LogP contribution in [0.25, 0.3) is 0 Å². The van der Waals surface area contributed by atoms with Crippen LogP contribution in [0.15, 0.2) is 25.3 Å². The van der Waals surface area contributed by atoms with Gasteiger partial charge in [-0.3, -0.25) is 14.4 Å². The van der Waals surface area contributed by atoms with Gasteiger partial charge in [0.1, 0.15) is 12.7 Å². The highest BCUT2D eigenvalue weighted by atomic mass is 16.5. The van der Waals surface area contributed by atoms with Gasteiger partial charge >= 0.3 is 11.9 Å². The number of fused-ring (bicyclic) bond motifs is 5. The standard InChI is InChI=1S/C48H81NO5/c1-6-8-10-12-14-16-18-20-22-45(51)53-35-34-49-44(50)29-24-37(3)41-27-28-42-40-26-25-38-36-39(30-32-47(38,4)43(40)31-33-48(41,42)5)54-46(52)23-21-19-17-15-13-11-9-7-2/h6-7,37-43H,1-2,8-36H2,3-5H3,(H,49,50)/t37-,38-,39-,40+,41-,42+,43+,47+,48-/m1/s1. The van der Waals surface area contributed by atoms with Gasteiger partial charge < -0.3 is 14.8 Å². The van der Waals surface area contributed by atoms with Crippen molar-refractivity contribution >= 4 is 17.8 Å². The van der Waals surface area contributed by atoms with Crippen molar-refractivity contribution in [2.75, 3.05) is 13.2 Å². The van der Waals surface area contributed by atoms with E-state index in [0.717, 1.165) is 75.5 Å². The molecule has 4 rings (SSSR count). The molecule has 4 aliphatic rings. The predicted octanol–water partition coefficient (Wildman–Crippen LogP) is 12.2. The fourth-order valence-electron chi connectivity index (χ4n) is 12.2. The molecule has 0 saturated heterocycles. The summed E-state index contributed by atoms with van der Waals surface area (Å²) >= 11 is 0. The summed E-state index contributed by atoms with van der Waals surface area (Å²) in [5.74, 6) is 4.26. The van der Waals surface area contributed by atoms with E-state index in [1.54, 1.807) is 0 Å². The van der Waals surface area contributed by atoms with E-state index in [0.29, 0.717) is 54.4 Å². The van der Waals surface area contributed by atoms with Crippen LogP contribution in [-0.4, -0.2) is 37.1 Å². The molecule has 1 N–H and O–H groups in total. The maximum Gasteiger partial charge on any atom is 0.306 e. The molecule has 6 heteroatoms. The zero-order valence-electron chi connectivity index (χ0n) is 35.2. The van der Waals surface area contributed by atoms with E-state index in [4.69, 9.17) is 9.47 Å². The van der Waals surface area contributed by atoms with Crippen LogP contribution in [0, 0.1) is 46.3 Å². The number of hydrogen-bond donors (Lipinski definition) is 1. The second kappa shape index (κ2) is 23.2. The first kappa shape index (κ1) is 44.6. The largest absolute Gasteiger partial charge is 0.464 e. The molecule has 0 aliphatic heterocycles. The first-order valence-corrected chi connectivity index (χ1v) is 23.0. The van der Waals surface area contributed by atoms with Crippen molar-refractivity contribution in [2.45, 2.75) is 200 Å². The van der Waals surface area contributed by atoms with Crippen LogP contribution in [0.4, 0.5) is 0 Å². The molecule has 0 radical (unpaired) electrons. The van der Waals surface area contributed by atoms with E-state index in [2.05, 4.69) is 39.2 Å². The molecule has 0 unspecified atom stereocenters. The van der Waals surface area contributed by atoms with E-state index >= 15 is 0 Å². The van der Waals surface area contributed by atoms with E-state index < -0.39 is 0 Å². The molecule has 9 atom stereocenters. The SMILES string of the molecule is C=CCCCCCCCCC(=O)OCCNC(=O)CC[C@@H](C)[C@H]1CC[C@H]2[C@@H]3CC[C@@H]4C[C@H](OC(=O)CCCCCCCCC=C)CC[C@]4(C)[C@H]3CC[C@]12C. The van der Waals surface area contributed by atoms with Crippen molar-refractivity contribution in [2.24, 2.45) is 46.3 Å². The number of allylic oxidation sites excluding steroid dienone is 2. The van der Waals surface area contributed by atoms with Gasteiger partial charge in [-0.15, -0.1) is 13.2 Å². The Hall–Kier alpha value is -2.11. The molecule has 4 saturated carbocycles. The van der Waals surface area contributed by atoms with Gasteiger partial charge in [0.25, 0.3) is 0 Å². The third-order valence-corrected chi connectivity index (χ3v) is 15.3. The molecule has 0 aromatic heterocycles. The second-order valence-corrected chi connectivity index (χ2v) is 18.8. The molecule has 308 valence electrons. The number of carbonyl (C=O) groups excluding carboxylic acids is 3. The van der Waals surface area contributed by atoms with Crippen LogP contribution in [0.1, 0.15) is 194 Å². The molecular formula is C48H81NO5. The Labute approximate surface area is 331 Å². The van der Waals surface area contributed by atoms with Crippen molar-refractivity contribution in [3.8, 4) is 0 Å². The van der Waals surface area contributed by atoms with E-state index in [9.17, 15) is 14.4 Å². The first-order chi connectivity index (χ1) is 26.1. The molecule has 54 heavy (non-hydrogen) atoms. The molecule has 0 heterocycles. The zero-order chi connectivity index (χ0) is 38.8. The van der Waals surface area contributed by atoms with Crippen molar-refractivity contribution in [3.63, 3.8) is 0 Å². The molecule has 0 bridgehead atoms. The van der Waals surface area contributed by atoms with Crippen LogP contribution in [0.2, 0.25) is 0 Å². The minimum absolute atomic E-state index is 0.0317. The average molecular weight is 752 g/mol. The van der Waals surface area contributed by atoms with Crippen LogP contribution < -0.4 is 5.32 Å². The Morgan fingerprint density at radius 1 is 0.704 bits per heavy atom. The van der Waals surface area contributed by atoms with E-state index in [1.165, 1.54) is 96.3 Å². The predicted molar refractivity (Wildman–Crippen MR) is 222 cm³/mol. The Balaban J connectivity index is 1.11. The molecule has 4 aliphatic carbocycles. The highest BCUT2D eigenvalue weighted by Gasteiger charge is 2.60. The summed E-state index contributed by atoms with van der Waals surface area (Å²) in [6.45, 7) is 15.8. The number of esters is 2. The molecule has 0 spiro atoms. The van der Waals surface area contributed by atoms with Crippen LogP contribution in [-0.2, 0) is 23.9 Å². The topological polar surface area (TPSA) is 81.7 Å². The number of unbranched alkanes of at least 4 members (excludes halogenated alkanes) is 12. The van der Waals surface area contributed by atoms with Crippen LogP contribution in [0.3, 0.4) is 0 Å². The van der Waals surface area contributed by atoms with Gasteiger partial charge in [0.15, 0.2) is 0 Å². The number of amides is 1. The summed E-state index contributed by atoms with van der Waals surface area (Å²) in [6, 6.07) is 0. The zero-order valence-corrected chi connectivity index (χ0v) is 35.2. The summed E-state index contributed by atoms with van der Waals surface area (Å²) in [6.07, 6.45) is 33.9. The highest BCUT2D eigenvalue weighted by molar-refractivity contribution is 5.76. The lowest BCUT2D eigenvalue weighted by Crippen LogP contribution is -2.54. The average Bonchev–Trinajstić information content (AvgIpc) is 3.52. The van der Waals surface area contributed by atoms with Gasteiger partial charge in [-0.25, -0.2) is 0 Å².